The highest BCUT2D eigenvalue weighted by Crippen LogP contribution is 2.23. The maximum Gasteiger partial charge on any atom is 0.243 e. The van der Waals surface area contributed by atoms with Gasteiger partial charge in [0.25, 0.3) is 0 Å². The predicted molar refractivity (Wildman–Crippen MR) is 72.1 cm³/mol. The molecule has 1 fully saturated rings. The first-order chi connectivity index (χ1) is 8.43. The first kappa shape index (κ1) is 13.5. The quantitative estimate of drug-likeness (QED) is 0.879. The first-order valence-electron chi connectivity index (χ1n) is 6.23. The molecule has 0 aromatic heterocycles. The summed E-state index contributed by atoms with van der Waals surface area (Å²) in [5, 5.41) is 3.21. The van der Waals surface area contributed by atoms with Crippen LogP contribution in [-0.2, 0) is 10.0 Å². The highest BCUT2D eigenvalue weighted by atomic mass is 32.2. The van der Waals surface area contributed by atoms with Crippen molar-refractivity contribution in [2.24, 2.45) is 0 Å². The SMILES string of the molecule is Cc1ccc(S(=O)(=O)N2CCNC[C@@H]2C)c(C)c1. The summed E-state index contributed by atoms with van der Waals surface area (Å²) in [6.07, 6.45) is 0. The van der Waals surface area contributed by atoms with Gasteiger partial charge in [-0.3, -0.25) is 0 Å². The van der Waals surface area contributed by atoms with Crippen molar-refractivity contribution in [3.63, 3.8) is 0 Å². The minimum atomic E-state index is -3.37. The molecule has 18 heavy (non-hydrogen) atoms. The molecular formula is C13H20N2O2S. The van der Waals surface area contributed by atoms with Crippen molar-refractivity contribution in [3.8, 4) is 0 Å². The van der Waals surface area contributed by atoms with Gasteiger partial charge in [0, 0.05) is 25.7 Å². The van der Waals surface area contributed by atoms with Crippen LogP contribution in [0.4, 0.5) is 0 Å². The molecule has 1 N–H and O–H groups in total. The van der Waals surface area contributed by atoms with E-state index < -0.39 is 10.0 Å². The topological polar surface area (TPSA) is 49.4 Å². The smallest absolute Gasteiger partial charge is 0.243 e. The third kappa shape index (κ3) is 2.43. The number of sulfonamides is 1. The average molecular weight is 268 g/mol. The molecule has 1 aromatic carbocycles. The van der Waals surface area contributed by atoms with E-state index >= 15 is 0 Å². The van der Waals surface area contributed by atoms with Crippen molar-refractivity contribution in [1.29, 1.82) is 0 Å². The monoisotopic (exact) mass is 268 g/mol. The predicted octanol–water partition coefficient (Wildman–Crippen LogP) is 1.29. The van der Waals surface area contributed by atoms with Gasteiger partial charge in [-0.25, -0.2) is 8.42 Å². The Hall–Kier alpha value is -0.910. The Kier molecular flexibility index (Phi) is 3.75. The summed E-state index contributed by atoms with van der Waals surface area (Å²) in [6.45, 7) is 7.73. The molecule has 5 heteroatoms. The van der Waals surface area contributed by atoms with Crippen LogP contribution in [0, 0.1) is 13.8 Å². The summed E-state index contributed by atoms with van der Waals surface area (Å²) in [7, 11) is -3.37. The zero-order valence-electron chi connectivity index (χ0n) is 11.1. The highest BCUT2D eigenvalue weighted by Gasteiger charge is 2.31. The molecule has 100 valence electrons. The van der Waals surface area contributed by atoms with Crippen molar-refractivity contribution < 1.29 is 8.42 Å². The largest absolute Gasteiger partial charge is 0.314 e. The molecule has 1 heterocycles. The van der Waals surface area contributed by atoms with Crippen LogP contribution in [0.2, 0.25) is 0 Å². The molecule has 0 saturated carbocycles. The van der Waals surface area contributed by atoms with Crippen LogP contribution < -0.4 is 5.32 Å². The van der Waals surface area contributed by atoms with E-state index in [1.54, 1.807) is 10.4 Å². The van der Waals surface area contributed by atoms with Crippen LogP contribution in [-0.4, -0.2) is 38.4 Å². The lowest BCUT2D eigenvalue weighted by atomic mass is 10.2. The molecule has 1 aliphatic heterocycles. The van der Waals surface area contributed by atoms with Gasteiger partial charge in [0.1, 0.15) is 0 Å². The van der Waals surface area contributed by atoms with Gasteiger partial charge in [0.15, 0.2) is 0 Å². The second-order valence-corrected chi connectivity index (χ2v) is 6.80. The maximum atomic E-state index is 12.6. The average Bonchev–Trinajstić information content (AvgIpc) is 2.28. The van der Waals surface area contributed by atoms with E-state index in [4.69, 9.17) is 0 Å². The first-order valence-corrected chi connectivity index (χ1v) is 7.67. The Labute approximate surface area is 109 Å². The Morgan fingerprint density at radius 3 is 2.67 bits per heavy atom. The molecule has 1 atom stereocenters. The molecule has 0 spiro atoms. The Balaban J connectivity index is 2.41. The van der Waals surface area contributed by atoms with Gasteiger partial charge >= 0.3 is 0 Å². The highest BCUT2D eigenvalue weighted by molar-refractivity contribution is 7.89. The summed E-state index contributed by atoms with van der Waals surface area (Å²) in [6, 6.07) is 5.49. The molecule has 4 nitrogen and oxygen atoms in total. The van der Waals surface area contributed by atoms with Gasteiger partial charge in [0.2, 0.25) is 10.0 Å². The molecular weight excluding hydrogens is 248 g/mol. The number of aryl methyl sites for hydroxylation is 2. The lowest BCUT2D eigenvalue weighted by molar-refractivity contribution is 0.283. The number of rotatable bonds is 2. The molecule has 0 bridgehead atoms. The van der Waals surface area contributed by atoms with E-state index in [0.29, 0.717) is 24.5 Å². The molecule has 0 amide bonds. The normalized spacial score (nSPS) is 22.1. The molecule has 0 unspecified atom stereocenters. The number of nitrogens with one attached hydrogen (secondary N) is 1. The van der Waals surface area contributed by atoms with Gasteiger partial charge in [0.05, 0.1) is 4.90 Å². The van der Waals surface area contributed by atoms with Crippen LogP contribution in [0.3, 0.4) is 0 Å². The standard InChI is InChI=1S/C13H20N2O2S/c1-10-4-5-13(11(2)8-10)18(16,17)15-7-6-14-9-12(15)3/h4-5,8,12,14H,6-7,9H2,1-3H3/t12-/m0/s1. The molecule has 1 aliphatic rings. The van der Waals surface area contributed by atoms with Crippen LogP contribution in [0.1, 0.15) is 18.1 Å². The fraction of sp³-hybridized carbons (Fsp3) is 0.538. The summed E-state index contributed by atoms with van der Waals surface area (Å²) in [5.74, 6) is 0. The fourth-order valence-electron chi connectivity index (χ4n) is 2.39. The zero-order chi connectivity index (χ0) is 13.3. The minimum absolute atomic E-state index is 0.00412. The Morgan fingerprint density at radius 1 is 1.33 bits per heavy atom. The second-order valence-electron chi connectivity index (χ2n) is 4.94. The maximum absolute atomic E-state index is 12.6. The Morgan fingerprint density at radius 2 is 2.06 bits per heavy atom. The minimum Gasteiger partial charge on any atom is -0.314 e. The van der Waals surface area contributed by atoms with Crippen LogP contribution >= 0.6 is 0 Å². The van der Waals surface area contributed by atoms with Crippen LogP contribution in [0.5, 0.6) is 0 Å². The van der Waals surface area contributed by atoms with E-state index in [9.17, 15) is 8.42 Å². The molecule has 0 aliphatic carbocycles. The molecule has 1 saturated heterocycles. The summed E-state index contributed by atoms with van der Waals surface area (Å²) < 4.78 is 26.9. The van der Waals surface area contributed by atoms with Gasteiger partial charge in [-0.1, -0.05) is 17.7 Å². The number of hydrogen-bond donors (Lipinski definition) is 1. The van der Waals surface area contributed by atoms with Crippen molar-refractivity contribution >= 4 is 10.0 Å². The van der Waals surface area contributed by atoms with Crippen molar-refractivity contribution in [2.75, 3.05) is 19.6 Å². The van der Waals surface area contributed by atoms with Crippen molar-refractivity contribution in [2.45, 2.75) is 31.7 Å². The number of piperazine rings is 1. The van der Waals surface area contributed by atoms with Crippen LogP contribution in [0.15, 0.2) is 23.1 Å². The van der Waals surface area contributed by atoms with E-state index in [-0.39, 0.29) is 6.04 Å². The number of benzene rings is 1. The van der Waals surface area contributed by atoms with Crippen molar-refractivity contribution in [3.05, 3.63) is 29.3 Å². The van der Waals surface area contributed by atoms with Crippen LogP contribution in [0.25, 0.3) is 0 Å². The van der Waals surface area contributed by atoms with Gasteiger partial charge in [-0.05, 0) is 32.4 Å². The van der Waals surface area contributed by atoms with Gasteiger partial charge in [-0.15, -0.1) is 0 Å². The van der Waals surface area contributed by atoms with E-state index in [2.05, 4.69) is 5.32 Å². The summed E-state index contributed by atoms with van der Waals surface area (Å²) >= 11 is 0. The zero-order valence-corrected chi connectivity index (χ0v) is 11.9. The Bertz CT molecular complexity index is 540. The fourth-order valence-corrected chi connectivity index (χ4v) is 4.23. The summed E-state index contributed by atoms with van der Waals surface area (Å²) in [5.41, 5.74) is 1.90. The third-order valence-electron chi connectivity index (χ3n) is 3.36. The van der Waals surface area contributed by atoms with E-state index in [1.807, 2.05) is 32.9 Å². The second kappa shape index (κ2) is 4.99. The molecule has 0 radical (unpaired) electrons. The lowest BCUT2D eigenvalue weighted by Crippen LogP contribution is -2.52. The number of hydrogen-bond acceptors (Lipinski definition) is 3. The van der Waals surface area contributed by atoms with E-state index in [1.165, 1.54) is 0 Å². The number of nitrogens with zero attached hydrogens (tertiary/aromatic N) is 1. The molecule has 1 aromatic rings. The van der Waals surface area contributed by atoms with Gasteiger partial charge < -0.3 is 5.32 Å². The molecule has 2 rings (SSSR count). The lowest BCUT2D eigenvalue weighted by Gasteiger charge is -2.33. The third-order valence-corrected chi connectivity index (χ3v) is 5.53. The van der Waals surface area contributed by atoms with E-state index in [0.717, 1.165) is 11.1 Å². The van der Waals surface area contributed by atoms with Crippen molar-refractivity contribution in [1.82, 2.24) is 9.62 Å². The van der Waals surface area contributed by atoms with Gasteiger partial charge in [-0.2, -0.15) is 4.31 Å². The summed E-state index contributed by atoms with van der Waals surface area (Å²) in [4.78, 5) is 0.432.